The number of hydrogen-bond donors (Lipinski definition) is 1. The van der Waals surface area contributed by atoms with E-state index in [0.717, 1.165) is 17.8 Å². The topological polar surface area (TPSA) is 12.0 Å². The second-order valence-corrected chi connectivity index (χ2v) is 4.19. The van der Waals surface area contributed by atoms with E-state index in [0.29, 0.717) is 6.04 Å². The van der Waals surface area contributed by atoms with E-state index in [4.69, 9.17) is 0 Å². The Bertz CT molecular complexity index is 83.6. The normalized spacial score (nSPS) is 13.9. The van der Waals surface area contributed by atoms with Crippen LogP contribution < -0.4 is 5.32 Å². The Hall–Kier alpha value is 0.440. The largest absolute Gasteiger partial charge is 0.313 e. The molecule has 0 aromatic heterocycles. The van der Waals surface area contributed by atoms with Crippen LogP contribution in [0.3, 0.4) is 0 Å². The molecule has 0 amide bonds. The molecule has 1 nitrogen and oxygen atoms in total. The van der Waals surface area contributed by atoms with Gasteiger partial charge in [0.05, 0.1) is 0 Å². The fraction of sp³-hybridized carbons (Fsp3) is 1.00. The van der Waals surface area contributed by atoms with Crippen molar-refractivity contribution in [2.45, 2.75) is 39.7 Å². The minimum Gasteiger partial charge on any atom is -0.313 e. The van der Waals surface area contributed by atoms with Crippen LogP contribution in [0.2, 0.25) is 0 Å². The van der Waals surface area contributed by atoms with E-state index in [9.17, 15) is 0 Å². The van der Waals surface area contributed by atoms with Gasteiger partial charge >= 0.3 is 0 Å². The average Bonchev–Trinajstić information content (AvgIpc) is 1.97. The highest BCUT2D eigenvalue weighted by atomic mass is 79.9. The zero-order valence-electron chi connectivity index (χ0n) is 7.86. The molecule has 0 aliphatic carbocycles. The third-order valence-corrected chi connectivity index (χ3v) is 2.65. The SMILES string of the molecule is CC(C)CCCNC(C)CBr. The van der Waals surface area contributed by atoms with Gasteiger partial charge in [-0.25, -0.2) is 0 Å². The summed E-state index contributed by atoms with van der Waals surface area (Å²) in [5.74, 6) is 0.844. The maximum atomic E-state index is 3.44. The molecule has 68 valence electrons. The fourth-order valence-electron chi connectivity index (χ4n) is 0.913. The molecule has 0 fully saturated rings. The van der Waals surface area contributed by atoms with Crippen LogP contribution in [0.15, 0.2) is 0 Å². The van der Waals surface area contributed by atoms with E-state index in [1.54, 1.807) is 0 Å². The molecule has 0 saturated carbocycles. The van der Waals surface area contributed by atoms with Crippen molar-refractivity contribution in [1.82, 2.24) is 5.32 Å². The molecule has 0 aliphatic heterocycles. The van der Waals surface area contributed by atoms with Crippen molar-refractivity contribution in [3.8, 4) is 0 Å². The molecular weight excluding hydrogens is 202 g/mol. The summed E-state index contributed by atoms with van der Waals surface area (Å²) in [6.45, 7) is 7.90. The molecular formula is C9H20BrN. The first-order valence-electron chi connectivity index (χ1n) is 4.46. The summed E-state index contributed by atoms with van der Waals surface area (Å²) >= 11 is 3.43. The van der Waals surface area contributed by atoms with Crippen LogP contribution in [0.4, 0.5) is 0 Å². The molecule has 11 heavy (non-hydrogen) atoms. The average molecular weight is 222 g/mol. The Morgan fingerprint density at radius 1 is 1.27 bits per heavy atom. The van der Waals surface area contributed by atoms with Gasteiger partial charge in [-0.3, -0.25) is 0 Å². The van der Waals surface area contributed by atoms with Gasteiger partial charge in [-0.15, -0.1) is 0 Å². The highest BCUT2D eigenvalue weighted by Gasteiger charge is 1.97. The first-order chi connectivity index (χ1) is 5.16. The van der Waals surface area contributed by atoms with Gasteiger partial charge in [0, 0.05) is 11.4 Å². The van der Waals surface area contributed by atoms with E-state index >= 15 is 0 Å². The number of nitrogens with one attached hydrogen (secondary N) is 1. The number of hydrogen-bond acceptors (Lipinski definition) is 1. The van der Waals surface area contributed by atoms with Crippen molar-refractivity contribution in [2.75, 3.05) is 11.9 Å². The lowest BCUT2D eigenvalue weighted by Gasteiger charge is -2.10. The Balaban J connectivity index is 3.01. The van der Waals surface area contributed by atoms with Gasteiger partial charge in [-0.2, -0.15) is 0 Å². The molecule has 0 aromatic rings. The molecule has 0 rings (SSSR count). The monoisotopic (exact) mass is 221 g/mol. The Labute approximate surface area is 79.1 Å². The molecule has 0 radical (unpaired) electrons. The van der Waals surface area contributed by atoms with Gasteiger partial charge in [-0.1, -0.05) is 29.8 Å². The third kappa shape index (κ3) is 8.35. The number of alkyl halides is 1. The fourth-order valence-corrected chi connectivity index (χ4v) is 1.14. The zero-order valence-corrected chi connectivity index (χ0v) is 9.45. The third-order valence-electron chi connectivity index (χ3n) is 1.68. The maximum Gasteiger partial charge on any atom is 0.0183 e. The summed E-state index contributed by atoms with van der Waals surface area (Å²) in [5, 5.41) is 4.49. The molecule has 2 heteroatoms. The van der Waals surface area contributed by atoms with Crippen LogP contribution >= 0.6 is 15.9 Å². The van der Waals surface area contributed by atoms with E-state index in [1.165, 1.54) is 12.8 Å². The summed E-state index contributed by atoms with van der Waals surface area (Å²) in [6.07, 6.45) is 2.64. The summed E-state index contributed by atoms with van der Waals surface area (Å²) in [5.41, 5.74) is 0. The predicted octanol–water partition coefficient (Wildman–Crippen LogP) is 2.80. The number of rotatable bonds is 6. The second-order valence-electron chi connectivity index (χ2n) is 3.55. The van der Waals surface area contributed by atoms with Gasteiger partial charge in [0.1, 0.15) is 0 Å². The van der Waals surface area contributed by atoms with Crippen LogP contribution in [-0.2, 0) is 0 Å². The molecule has 0 bridgehead atoms. The van der Waals surface area contributed by atoms with Crippen molar-refractivity contribution in [3.05, 3.63) is 0 Å². The molecule has 0 spiro atoms. The maximum absolute atomic E-state index is 3.44. The van der Waals surface area contributed by atoms with Crippen molar-refractivity contribution in [3.63, 3.8) is 0 Å². The minimum absolute atomic E-state index is 0.613. The van der Waals surface area contributed by atoms with Gasteiger partial charge in [0.25, 0.3) is 0 Å². The smallest absolute Gasteiger partial charge is 0.0183 e. The lowest BCUT2D eigenvalue weighted by atomic mass is 10.1. The minimum atomic E-state index is 0.613. The van der Waals surface area contributed by atoms with Crippen molar-refractivity contribution in [2.24, 2.45) is 5.92 Å². The molecule has 0 heterocycles. The lowest BCUT2D eigenvalue weighted by Crippen LogP contribution is -2.28. The molecule has 1 N–H and O–H groups in total. The predicted molar refractivity (Wildman–Crippen MR) is 55.3 cm³/mol. The first-order valence-corrected chi connectivity index (χ1v) is 5.58. The van der Waals surface area contributed by atoms with Crippen LogP contribution in [0, 0.1) is 5.92 Å². The van der Waals surface area contributed by atoms with Crippen LogP contribution in [-0.4, -0.2) is 17.9 Å². The molecule has 1 atom stereocenters. The highest BCUT2D eigenvalue weighted by Crippen LogP contribution is 2.02. The van der Waals surface area contributed by atoms with Crippen molar-refractivity contribution < 1.29 is 0 Å². The van der Waals surface area contributed by atoms with Gasteiger partial charge in [0.15, 0.2) is 0 Å². The molecule has 0 saturated heterocycles. The molecule has 0 aliphatic rings. The zero-order chi connectivity index (χ0) is 8.69. The molecule has 0 aromatic carbocycles. The van der Waals surface area contributed by atoms with Crippen molar-refractivity contribution >= 4 is 15.9 Å². The number of halogens is 1. The second kappa shape index (κ2) is 7.11. The lowest BCUT2D eigenvalue weighted by molar-refractivity contribution is 0.506. The van der Waals surface area contributed by atoms with Gasteiger partial charge in [-0.05, 0) is 32.2 Å². The van der Waals surface area contributed by atoms with Crippen molar-refractivity contribution in [1.29, 1.82) is 0 Å². The van der Waals surface area contributed by atoms with E-state index in [2.05, 4.69) is 42.0 Å². The highest BCUT2D eigenvalue weighted by molar-refractivity contribution is 9.09. The quantitative estimate of drug-likeness (QED) is 0.538. The molecule has 1 unspecified atom stereocenters. The summed E-state index contributed by atoms with van der Waals surface area (Å²) in [4.78, 5) is 0. The summed E-state index contributed by atoms with van der Waals surface area (Å²) in [7, 11) is 0. The van der Waals surface area contributed by atoms with Crippen LogP contribution in [0.25, 0.3) is 0 Å². The van der Waals surface area contributed by atoms with Gasteiger partial charge < -0.3 is 5.32 Å². The van der Waals surface area contributed by atoms with E-state index in [-0.39, 0.29) is 0 Å². The van der Waals surface area contributed by atoms with E-state index < -0.39 is 0 Å². The Morgan fingerprint density at radius 2 is 1.91 bits per heavy atom. The summed E-state index contributed by atoms with van der Waals surface area (Å²) < 4.78 is 0. The Kier molecular flexibility index (Phi) is 7.39. The van der Waals surface area contributed by atoms with Gasteiger partial charge in [0.2, 0.25) is 0 Å². The standard InChI is InChI=1S/C9H20BrN/c1-8(2)5-4-6-11-9(3)7-10/h8-9,11H,4-7H2,1-3H3. The van der Waals surface area contributed by atoms with Crippen LogP contribution in [0.1, 0.15) is 33.6 Å². The van der Waals surface area contributed by atoms with Crippen LogP contribution in [0.5, 0.6) is 0 Å². The first kappa shape index (κ1) is 11.4. The van der Waals surface area contributed by atoms with E-state index in [1.807, 2.05) is 0 Å². The Morgan fingerprint density at radius 3 is 2.36 bits per heavy atom. The summed E-state index contributed by atoms with van der Waals surface area (Å²) in [6, 6.07) is 0.613.